The van der Waals surface area contributed by atoms with E-state index in [1.54, 1.807) is 36.4 Å². The number of methoxy groups -OCH3 is 3. The monoisotopic (exact) mass is 481 g/mol. The third-order valence-electron chi connectivity index (χ3n) is 4.84. The summed E-state index contributed by atoms with van der Waals surface area (Å²) in [7, 11) is 4.56. The van der Waals surface area contributed by atoms with Crippen molar-refractivity contribution >= 4 is 24.1 Å². The average Bonchev–Trinajstić information content (AvgIpc) is 3.48. The molecule has 34 heavy (non-hydrogen) atoms. The molecule has 0 atom stereocenters. The fourth-order valence-electron chi connectivity index (χ4n) is 3.26. The maximum absolute atomic E-state index is 11.0. The molecule has 0 unspecified atom stereocenters. The molecular weight excluding hydrogens is 462 g/mol. The minimum absolute atomic E-state index is 0.0243. The van der Waals surface area contributed by atoms with Crippen LogP contribution in [0.2, 0.25) is 0 Å². The van der Waals surface area contributed by atoms with Gasteiger partial charge in [0.2, 0.25) is 10.5 Å². The number of hydrogen-bond acceptors (Lipinski definition) is 9. The quantitative estimate of drug-likeness (QED) is 0.166. The van der Waals surface area contributed by atoms with E-state index in [0.717, 1.165) is 0 Å². The fourth-order valence-corrected chi connectivity index (χ4v) is 3.44. The average molecular weight is 481 g/mol. The molecule has 1 N–H and O–H groups in total. The molecule has 0 aliphatic carbocycles. The first-order chi connectivity index (χ1) is 16.4. The summed E-state index contributed by atoms with van der Waals surface area (Å²) in [6.07, 6.45) is 1.47. The lowest BCUT2D eigenvalue weighted by atomic mass is 10.1. The Morgan fingerprint density at radius 1 is 1.09 bits per heavy atom. The van der Waals surface area contributed by atoms with Crippen LogP contribution in [0.25, 0.3) is 22.7 Å². The first-order valence-electron chi connectivity index (χ1n) is 9.82. The molecule has 12 heteroatoms. The SMILES string of the molecule is COc1cc(-c2n[nH]c(=S)n2/N=C\c2ccc(-c3cccc([N+](=O)[O-])c3)o2)cc(OC)c1OC. The van der Waals surface area contributed by atoms with Crippen molar-refractivity contribution < 1.29 is 23.6 Å². The first kappa shape index (κ1) is 22.7. The Labute approximate surface area is 198 Å². The second-order valence-corrected chi connectivity index (χ2v) is 7.22. The molecule has 2 aromatic heterocycles. The Kier molecular flexibility index (Phi) is 6.41. The van der Waals surface area contributed by atoms with Crippen LogP contribution in [0.4, 0.5) is 5.69 Å². The molecule has 174 valence electrons. The van der Waals surface area contributed by atoms with E-state index < -0.39 is 4.92 Å². The van der Waals surface area contributed by atoms with Crippen molar-refractivity contribution in [2.45, 2.75) is 0 Å². The number of nitrogens with zero attached hydrogens (tertiary/aromatic N) is 4. The summed E-state index contributed by atoms with van der Waals surface area (Å²) in [5, 5.41) is 22.4. The van der Waals surface area contributed by atoms with E-state index in [-0.39, 0.29) is 10.5 Å². The molecule has 0 fully saturated rings. The van der Waals surface area contributed by atoms with E-state index in [1.165, 1.54) is 44.4 Å². The van der Waals surface area contributed by atoms with Crippen molar-refractivity contribution in [3.63, 3.8) is 0 Å². The van der Waals surface area contributed by atoms with Crippen LogP contribution in [0.15, 0.2) is 58.0 Å². The smallest absolute Gasteiger partial charge is 0.270 e. The van der Waals surface area contributed by atoms with Gasteiger partial charge in [0.1, 0.15) is 11.5 Å². The molecule has 0 radical (unpaired) electrons. The van der Waals surface area contributed by atoms with Gasteiger partial charge in [0.15, 0.2) is 17.3 Å². The molecule has 4 aromatic rings. The zero-order chi connectivity index (χ0) is 24.2. The summed E-state index contributed by atoms with van der Waals surface area (Å²) in [4.78, 5) is 10.6. The summed E-state index contributed by atoms with van der Waals surface area (Å²) in [6.45, 7) is 0. The number of rotatable bonds is 8. The van der Waals surface area contributed by atoms with E-state index in [2.05, 4.69) is 15.3 Å². The Hall–Kier alpha value is -4.45. The molecule has 0 spiro atoms. The highest BCUT2D eigenvalue weighted by molar-refractivity contribution is 7.71. The van der Waals surface area contributed by atoms with E-state index in [1.807, 2.05) is 0 Å². The molecular formula is C22H19N5O6S. The number of benzene rings is 2. The van der Waals surface area contributed by atoms with Crippen LogP contribution in [0.5, 0.6) is 17.2 Å². The Balaban J connectivity index is 1.67. The topological polar surface area (TPSA) is 130 Å². The number of ether oxygens (including phenoxy) is 3. The molecule has 2 aromatic carbocycles. The number of H-pyrrole nitrogens is 1. The lowest BCUT2D eigenvalue weighted by Gasteiger charge is -2.13. The predicted molar refractivity (Wildman–Crippen MR) is 126 cm³/mol. The van der Waals surface area contributed by atoms with Gasteiger partial charge in [-0.1, -0.05) is 12.1 Å². The highest BCUT2D eigenvalue weighted by Gasteiger charge is 2.18. The molecule has 0 bridgehead atoms. The van der Waals surface area contributed by atoms with Gasteiger partial charge in [-0.3, -0.25) is 10.1 Å². The van der Waals surface area contributed by atoms with Gasteiger partial charge in [0.05, 0.1) is 32.5 Å². The van der Waals surface area contributed by atoms with Crippen LogP contribution in [0.3, 0.4) is 0 Å². The molecule has 0 aliphatic rings. The molecule has 0 saturated carbocycles. The van der Waals surface area contributed by atoms with Gasteiger partial charge in [-0.25, -0.2) is 5.10 Å². The second kappa shape index (κ2) is 9.58. The lowest BCUT2D eigenvalue weighted by Crippen LogP contribution is -1.98. The van der Waals surface area contributed by atoms with E-state index in [4.69, 9.17) is 30.8 Å². The summed E-state index contributed by atoms with van der Waals surface area (Å²) in [6, 6.07) is 13.0. The number of furan rings is 1. The number of nitro benzene ring substituents is 1. The molecule has 0 aliphatic heterocycles. The van der Waals surface area contributed by atoms with Crippen molar-refractivity contribution in [3.05, 3.63) is 69.2 Å². The minimum atomic E-state index is -0.458. The molecule has 2 heterocycles. The number of nitro groups is 1. The summed E-state index contributed by atoms with van der Waals surface area (Å²) < 4.78 is 23.6. The minimum Gasteiger partial charge on any atom is -0.493 e. The highest BCUT2D eigenvalue weighted by atomic mass is 32.1. The maximum atomic E-state index is 11.0. The molecule has 0 amide bonds. The van der Waals surface area contributed by atoms with Gasteiger partial charge in [-0.15, -0.1) is 0 Å². The second-order valence-electron chi connectivity index (χ2n) is 6.83. The Bertz CT molecular complexity index is 1410. The maximum Gasteiger partial charge on any atom is 0.270 e. The normalized spacial score (nSPS) is 11.0. The highest BCUT2D eigenvalue weighted by Crippen LogP contribution is 2.40. The van der Waals surface area contributed by atoms with E-state index >= 15 is 0 Å². The van der Waals surface area contributed by atoms with Gasteiger partial charge < -0.3 is 18.6 Å². The van der Waals surface area contributed by atoms with Crippen molar-refractivity contribution in [2.75, 3.05) is 21.3 Å². The van der Waals surface area contributed by atoms with Crippen LogP contribution >= 0.6 is 12.2 Å². The van der Waals surface area contributed by atoms with Crippen LogP contribution in [0.1, 0.15) is 5.76 Å². The number of aromatic amines is 1. The largest absolute Gasteiger partial charge is 0.493 e. The van der Waals surface area contributed by atoms with Gasteiger partial charge in [-0.05, 0) is 36.5 Å². The standard InChI is InChI=1S/C22H19N5O6S/c1-30-18-10-14(11-19(31-2)20(18)32-3)21-24-25-22(34)26(21)23-12-16-7-8-17(33-16)13-5-4-6-15(9-13)27(28)29/h4-12H,1-3H3,(H,25,34)/b23-12-. The molecule has 11 nitrogen and oxygen atoms in total. The summed E-state index contributed by atoms with van der Waals surface area (Å²) in [5.41, 5.74) is 1.17. The van der Waals surface area contributed by atoms with Crippen LogP contribution in [-0.4, -0.2) is 47.3 Å². The molecule has 0 saturated heterocycles. The number of hydrogen-bond donors (Lipinski definition) is 1. The van der Waals surface area contributed by atoms with Crippen molar-refractivity contribution in [1.29, 1.82) is 0 Å². The fraction of sp³-hybridized carbons (Fsp3) is 0.136. The zero-order valence-electron chi connectivity index (χ0n) is 18.3. The van der Waals surface area contributed by atoms with Crippen LogP contribution in [0, 0.1) is 14.9 Å². The van der Waals surface area contributed by atoms with Crippen molar-refractivity contribution in [2.24, 2.45) is 5.10 Å². The Morgan fingerprint density at radius 2 is 1.82 bits per heavy atom. The summed E-state index contributed by atoms with van der Waals surface area (Å²) >= 11 is 5.33. The van der Waals surface area contributed by atoms with Crippen LogP contribution < -0.4 is 14.2 Å². The zero-order valence-corrected chi connectivity index (χ0v) is 19.2. The van der Waals surface area contributed by atoms with E-state index in [9.17, 15) is 10.1 Å². The lowest BCUT2D eigenvalue weighted by molar-refractivity contribution is -0.384. The third kappa shape index (κ3) is 4.38. The molecule has 4 rings (SSSR count). The number of nitrogens with one attached hydrogen (secondary N) is 1. The van der Waals surface area contributed by atoms with Crippen LogP contribution in [-0.2, 0) is 0 Å². The first-order valence-corrected chi connectivity index (χ1v) is 10.2. The van der Waals surface area contributed by atoms with Gasteiger partial charge in [0, 0.05) is 23.3 Å². The predicted octanol–water partition coefficient (Wildman–Crippen LogP) is 4.68. The third-order valence-corrected chi connectivity index (χ3v) is 5.11. The summed E-state index contributed by atoms with van der Waals surface area (Å²) in [5.74, 6) is 2.64. The van der Waals surface area contributed by atoms with Gasteiger partial charge in [-0.2, -0.15) is 14.9 Å². The number of non-ortho nitro benzene ring substituents is 1. The van der Waals surface area contributed by atoms with Gasteiger partial charge in [0.25, 0.3) is 5.69 Å². The number of aromatic nitrogens is 3. The Morgan fingerprint density at radius 3 is 2.47 bits per heavy atom. The van der Waals surface area contributed by atoms with Gasteiger partial charge >= 0.3 is 0 Å². The van der Waals surface area contributed by atoms with Crippen molar-refractivity contribution in [1.82, 2.24) is 14.9 Å². The van der Waals surface area contributed by atoms with E-state index in [0.29, 0.717) is 45.7 Å². The van der Waals surface area contributed by atoms with Crippen molar-refractivity contribution in [3.8, 4) is 40.0 Å².